The van der Waals surface area contributed by atoms with Gasteiger partial charge < -0.3 is 9.80 Å². The highest BCUT2D eigenvalue weighted by Gasteiger charge is 2.41. The van der Waals surface area contributed by atoms with Crippen LogP contribution in [0.3, 0.4) is 0 Å². The summed E-state index contributed by atoms with van der Waals surface area (Å²) < 4.78 is 13.4. The Hall–Kier alpha value is -3.65. The molecule has 3 atom stereocenters. The summed E-state index contributed by atoms with van der Waals surface area (Å²) in [4.78, 5) is 17.7. The Morgan fingerprint density at radius 3 is 2.52 bits per heavy atom. The number of allylic oxidation sites excluding steroid dienone is 2. The van der Waals surface area contributed by atoms with Gasteiger partial charge >= 0.3 is 0 Å². The van der Waals surface area contributed by atoms with E-state index in [1.165, 1.54) is 28.8 Å². The minimum atomic E-state index is -0.344. The molecule has 0 aromatic heterocycles. The Kier molecular flexibility index (Phi) is 7.86. The molecule has 40 heavy (non-hydrogen) atoms. The molecule has 3 aliphatic heterocycles. The van der Waals surface area contributed by atoms with E-state index in [0.29, 0.717) is 5.69 Å². The largest absolute Gasteiger partial charge is 0.352 e. The van der Waals surface area contributed by atoms with Crippen molar-refractivity contribution in [2.24, 2.45) is 5.92 Å². The molecule has 0 saturated carbocycles. The number of anilines is 1. The van der Waals surface area contributed by atoms with Gasteiger partial charge in [0.15, 0.2) is 0 Å². The van der Waals surface area contributed by atoms with E-state index in [1.54, 1.807) is 12.1 Å². The third-order valence-corrected chi connectivity index (χ3v) is 8.33. The molecule has 0 bridgehead atoms. The number of benzene rings is 3. The number of halogens is 2. The molecule has 3 aromatic rings. The Bertz CT molecular complexity index is 1390. The second-order valence-electron chi connectivity index (χ2n) is 10.7. The normalized spacial score (nSPS) is 23.0. The second-order valence-corrected chi connectivity index (χ2v) is 11.1. The number of hydrogen-bond acceptors (Lipinski definition) is 5. The van der Waals surface area contributed by atoms with Crippen molar-refractivity contribution >= 4 is 28.8 Å². The molecule has 2 fully saturated rings. The van der Waals surface area contributed by atoms with Crippen molar-refractivity contribution in [1.82, 2.24) is 20.5 Å². The molecule has 8 heteroatoms. The maximum absolute atomic E-state index is 13.4. The van der Waals surface area contributed by atoms with Crippen LogP contribution in [0.5, 0.6) is 0 Å². The monoisotopic (exact) mass is 557 g/mol. The molecule has 206 valence electrons. The third-order valence-electron chi connectivity index (χ3n) is 8.08. The number of hydrogen-bond donors (Lipinski definition) is 3. The van der Waals surface area contributed by atoms with E-state index in [4.69, 9.17) is 11.6 Å². The van der Waals surface area contributed by atoms with Crippen LogP contribution in [0.25, 0.3) is 5.57 Å². The molecule has 3 heterocycles. The number of fused-ring (bicyclic) bond motifs is 1. The van der Waals surface area contributed by atoms with Crippen LogP contribution in [0.4, 0.5) is 10.1 Å². The van der Waals surface area contributed by atoms with Gasteiger partial charge in [0, 0.05) is 23.7 Å². The van der Waals surface area contributed by atoms with Crippen molar-refractivity contribution in [2.45, 2.75) is 31.1 Å². The second kappa shape index (κ2) is 11.8. The first-order valence-corrected chi connectivity index (χ1v) is 14.2. The van der Waals surface area contributed by atoms with E-state index in [2.05, 4.69) is 80.7 Å². The van der Waals surface area contributed by atoms with Gasteiger partial charge in [0.1, 0.15) is 5.82 Å². The van der Waals surface area contributed by atoms with Gasteiger partial charge in [-0.3, -0.25) is 21.0 Å². The molecule has 1 amide bonds. The van der Waals surface area contributed by atoms with E-state index in [1.807, 2.05) is 18.2 Å². The fourth-order valence-corrected chi connectivity index (χ4v) is 6.05. The van der Waals surface area contributed by atoms with Crippen LogP contribution in [0.2, 0.25) is 5.02 Å². The molecular formula is C32H33ClFN5O. The summed E-state index contributed by atoms with van der Waals surface area (Å²) in [6.45, 7) is 2.55. The van der Waals surface area contributed by atoms with E-state index >= 15 is 0 Å². The lowest BCUT2D eigenvalue weighted by molar-refractivity contribution is -0.125. The molecule has 2 saturated heterocycles. The van der Waals surface area contributed by atoms with Crippen molar-refractivity contribution in [1.29, 1.82) is 0 Å². The number of rotatable bonds is 7. The number of nitrogens with one attached hydrogen (secondary N) is 3. The van der Waals surface area contributed by atoms with Gasteiger partial charge in [-0.2, -0.15) is 0 Å². The van der Waals surface area contributed by atoms with Crippen LogP contribution >= 0.6 is 11.6 Å². The number of nitrogens with zero attached hydrogens (tertiary/aromatic N) is 2. The number of piperidine rings is 1. The average Bonchev–Trinajstić information content (AvgIpc) is 3.34. The summed E-state index contributed by atoms with van der Waals surface area (Å²) >= 11 is 6.21. The Morgan fingerprint density at radius 1 is 1.00 bits per heavy atom. The predicted molar refractivity (Wildman–Crippen MR) is 158 cm³/mol. The standard InChI is InChI=1S/C32H33ClFN5O/c33-26-12-9-23(10-13-26)31-29(39-20-25(11-14-30(39)35-31)22-5-2-1-3-6-22)21-38-17-15-24(16-18-38)32(40)37-36-28-8-4-7-27(34)19-28/h1-14,19-20,24,29-31,35-36H,15-18,21H2,(H,37,40). The zero-order chi connectivity index (χ0) is 27.5. The van der Waals surface area contributed by atoms with E-state index in [0.717, 1.165) is 37.5 Å². The molecule has 3 aromatic carbocycles. The van der Waals surface area contributed by atoms with Crippen LogP contribution in [0, 0.1) is 11.7 Å². The number of likely N-dealkylation sites (tertiary alicyclic amines) is 1. The summed E-state index contributed by atoms with van der Waals surface area (Å²) in [6.07, 6.45) is 8.38. The topological polar surface area (TPSA) is 59.6 Å². The first-order chi connectivity index (χ1) is 19.5. The highest BCUT2D eigenvalue weighted by Crippen LogP contribution is 2.36. The van der Waals surface area contributed by atoms with Crippen LogP contribution in [0.15, 0.2) is 97.2 Å². The first kappa shape index (κ1) is 26.6. The average molecular weight is 558 g/mol. The highest BCUT2D eigenvalue weighted by atomic mass is 35.5. The summed E-state index contributed by atoms with van der Waals surface area (Å²) in [5.74, 6) is -0.480. The summed E-state index contributed by atoms with van der Waals surface area (Å²) in [6, 6.07) is 25.0. The van der Waals surface area contributed by atoms with Crippen LogP contribution in [-0.2, 0) is 4.79 Å². The molecule has 6 nitrogen and oxygen atoms in total. The number of hydrazine groups is 1. The van der Waals surface area contributed by atoms with Crippen molar-refractivity contribution in [3.63, 3.8) is 0 Å². The van der Waals surface area contributed by atoms with Crippen LogP contribution in [-0.4, -0.2) is 47.5 Å². The lowest BCUT2D eigenvalue weighted by Crippen LogP contribution is -2.47. The van der Waals surface area contributed by atoms with E-state index in [9.17, 15) is 9.18 Å². The lowest BCUT2D eigenvalue weighted by Gasteiger charge is -2.37. The quantitative estimate of drug-likeness (QED) is 0.331. The van der Waals surface area contributed by atoms with Gasteiger partial charge in [-0.25, -0.2) is 4.39 Å². The van der Waals surface area contributed by atoms with Gasteiger partial charge in [-0.05, 0) is 79.0 Å². The van der Waals surface area contributed by atoms with Crippen molar-refractivity contribution in [3.05, 3.63) is 119 Å². The molecular weight excluding hydrogens is 525 g/mol. The molecule has 0 spiro atoms. The van der Waals surface area contributed by atoms with Gasteiger partial charge in [0.2, 0.25) is 5.91 Å². The number of carbonyl (C=O) groups excluding carboxylic acids is 1. The third kappa shape index (κ3) is 5.92. The van der Waals surface area contributed by atoms with E-state index < -0.39 is 0 Å². The van der Waals surface area contributed by atoms with Gasteiger partial charge in [-0.15, -0.1) is 0 Å². The lowest BCUT2D eigenvalue weighted by atomic mass is 9.94. The molecule has 6 rings (SSSR count). The summed E-state index contributed by atoms with van der Waals surface area (Å²) in [7, 11) is 0. The molecule has 0 aliphatic carbocycles. The predicted octanol–water partition coefficient (Wildman–Crippen LogP) is 5.59. The van der Waals surface area contributed by atoms with Crippen LogP contribution < -0.4 is 16.2 Å². The zero-order valence-corrected chi connectivity index (χ0v) is 22.9. The first-order valence-electron chi connectivity index (χ1n) is 13.8. The van der Waals surface area contributed by atoms with Gasteiger partial charge in [0.05, 0.1) is 23.9 Å². The minimum absolute atomic E-state index is 0.0536. The Morgan fingerprint density at radius 2 is 1.77 bits per heavy atom. The fourth-order valence-electron chi connectivity index (χ4n) is 5.92. The van der Waals surface area contributed by atoms with Crippen molar-refractivity contribution < 1.29 is 9.18 Å². The van der Waals surface area contributed by atoms with Crippen molar-refractivity contribution in [3.8, 4) is 0 Å². The minimum Gasteiger partial charge on any atom is -0.352 e. The fraction of sp³-hybridized carbons (Fsp3) is 0.281. The Balaban J connectivity index is 1.13. The van der Waals surface area contributed by atoms with Gasteiger partial charge in [0.25, 0.3) is 0 Å². The maximum Gasteiger partial charge on any atom is 0.241 e. The smallest absolute Gasteiger partial charge is 0.241 e. The molecule has 3 aliphatic rings. The SMILES string of the molecule is O=C(NNc1cccc(F)c1)C1CCN(CC2C(c3ccc(Cl)cc3)NC3C=CC(c4ccccc4)=CN32)CC1. The highest BCUT2D eigenvalue weighted by molar-refractivity contribution is 6.30. The molecule has 3 N–H and O–H groups in total. The van der Waals surface area contributed by atoms with Gasteiger partial charge in [-0.1, -0.05) is 66.2 Å². The van der Waals surface area contributed by atoms with Crippen LogP contribution in [0.1, 0.15) is 30.0 Å². The zero-order valence-electron chi connectivity index (χ0n) is 22.1. The van der Waals surface area contributed by atoms with E-state index in [-0.39, 0.29) is 35.9 Å². The maximum atomic E-state index is 13.4. The summed E-state index contributed by atoms with van der Waals surface area (Å²) in [5, 5.41) is 4.56. The molecule has 0 radical (unpaired) electrons. The molecule has 3 unspecified atom stereocenters. The Labute approximate surface area is 239 Å². The number of carbonyl (C=O) groups is 1. The van der Waals surface area contributed by atoms with Crippen molar-refractivity contribution in [2.75, 3.05) is 25.1 Å². The summed E-state index contributed by atoms with van der Waals surface area (Å²) in [5.41, 5.74) is 9.73. The number of amides is 1.